The van der Waals surface area contributed by atoms with Crippen LogP contribution in [0.4, 0.5) is 4.79 Å². The van der Waals surface area contributed by atoms with Crippen LogP contribution in [0.5, 0.6) is 0 Å². The highest BCUT2D eigenvalue weighted by molar-refractivity contribution is 5.83. The number of amides is 3. The molecule has 0 aromatic rings. The van der Waals surface area contributed by atoms with Gasteiger partial charge in [-0.1, -0.05) is 0 Å². The van der Waals surface area contributed by atoms with Gasteiger partial charge in [0.25, 0.3) is 0 Å². The number of piperidine rings is 1. The van der Waals surface area contributed by atoms with Gasteiger partial charge in [0.2, 0.25) is 5.91 Å². The van der Waals surface area contributed by atoms with Crippen molar-refractivity contribution >= 4 is 17.9 Å². The first-order valence-electron chi connectivity index (χ1n) is 6.05. The zero-order valence-electron chi connectivity index (χ0n) is 10.2. The van der Waals surface area contributed by atoms with Crippen molar-refractivity contribution < 1.29 is 19.5 Å². The molecule has 3 amide bonds. The minimum atomic E-state index is -0.863. The van der Waals surface area contributed by atoms with Crippen molar-refractivity contribution in [1.29, 1.82) is 0 Å². The second-order valence-corrected chi connectivity index (χ2v) is 4.40. The monoisotopic (exact) mass is 257 g/mol. The van der Waals surface area contributed by atoms with E-state index in [1.54, 1.807) is 4.90 Å². The normalized spacial score (nSPS) is 19.3. The first-order valence-corrected chi connectivity index (χ1v) is 6.05. The van der Waals surface area contributed by atoms with Crippen molar-refractivity contribution in [1.82, 2.24) is 10.2 Å². The van der Waals surface area contributed by atoms with E-state index in [4.69, 9.17) is 10.8 Å². The van der Waals surface area contributed by atoms with E-state index in [1.807, 2.05) is 0 Å². The lowest BCUT2D eigenvalue weighted by atomic mass is 9.98. The van der Waals surface area contributed by atoms with E-state index in [-0.39, 0.29) is 25.0 Å². The number of aliphatic carboxylic acids is 1. The number of carbonyl (C=O) groups is 3. The number of nitrogens with two attached hydrogens (primary N) is 1. The molecule has 1 atom stereocenters. The van der Waals surface area contributed by atoms with Crippen LogP contribution >= 0.6 is 0 Å². The van der Waals surface area contributed by atoms with Crippen molar-refractivity contribution in [3.05, 3.63) is 0 Å². The van der Waals surface area contributed by atoms with E-state index in [1.165, 1.54) is 0 Å². The molecule has 1 saturated heterocycles. The summed E-state index contributed by atoms with van der Waals surface area (Å²) >= 11 is 0. The minimum absolute atomic E-state index is 0.0459. The number of carbonyl (C=O) groups excluding carboxylic acids is 2. The molecule has 0 bridgehead atoms. The Hall–Kier alpha value is -1.79. The molecule has 1 heterocycles. The largest absolute Gasteiger partial charge is 0.481 e. The fraction of sp³-hybridized carbons (Fsp3) is 0.727. The molecule has 1 rings (SSSR count). The lowest BCUT2D eigenvalue weighted by molar-refractivity contribution is -0.137. The topological polar surface area (TPSA) is 113 Å². The molecule has 1 aliphatic rings. The molecule has 0 saturated carbocycles. The fourth-order valence-electron chi connectivity index (χ4n) is 2.12. The average Bonchev–Trinajstić information content (AvgIpc) is 2.33. The zero-order chi connectivity index (χ0) is 13.5. The number of urea groups is 1. The highest BCUT2D eigenvalue weighted by Crippen LogP contribution is 2.20. The van der Waals surface area contributed by atoms with Crippen molar-refractivity contribution in [2.45, 2.75) is 38.1 Å². The van der Waals surface area contributed by atoms with Crippen LogP contribution in [0.2, 0.25) is 0 Å². The Balaban J connectivity index is 2.49. The van der Waals surface area contributed by atoms with Crippen LogP contribution in [0.3, 0.4) is 0 Å². The van der Waals surface area contributed by atoms with Gasteiger partial charge in [0.15, 0.2) is 0 Å². The van der Waals surface area contributed by atoms with Gasteiger partial charge in [0.1, 0.15) is 0 Å². The molecule has 0 spiro atoms. The number of rotatable bonds is 5. The Labute approximate surface area is 105 Å². The Morgan fingerprint density at radius 2 is 2.06 bits per heavy atom. The summed E-state index contributed by atoms with van der Waals surface area (Å²) in [6, 6.07) is -0.411. The van der Waals surface area contributed by atoms with E-state index >= 15 is 0 Å². The van der Waals surface area contributed by atoms with Gasteiger partial charge in [-0.25, -0.2) is 4.79 Å². The maximum Gasteiger partial charge on any atom is 0.318 e. The van der Waals surface area contributed by atoms with Gasteiger partial charge >= 0.3 is 12.0 Å². The molecular formula is C11H19N3O4. The SMILES string of the molecule is NC(=O)CNC(=O)N1CCCCC1CCC(=O)O. The maximum absolute atomic E-state index is 11.8. The molecule has 0 aromatic carbocycles. The number of primary amides is 1. The molecule has 7 nitrogen and oxygen atoms in total. The zero-order valence-corrected chi connectivity index (χ0v) is 10.2. The molecule has 0 aliphatic carbocycles. The van der Waals surface area contributed by atoms with E-state index in [2.05, 4.69) is 5.32 Å². The first-order chi connectivity index (χ1) is 8.50. The lowest BCUT2D eigenvalue weighted by Gasteiger charge is -2.35. The van der Waals surface area contributed by atoms with Crippen LogP contribution in [-0.4, -0.2) is 47.0 Å². The maximum atomic E-state index is 11.8. The summed E-state index contributed by atoms with van der Waals surface area (Å²) in [7, 11) is 0. The molecule has 0 radical (unpaired) electrons. The average molecular weight is 257 g/mol. The fourth-order valence-corrected chi connectivity index (χ4v) is 2.12. The van der Waals surface area contributed by atoms with Gasteiger partial charge in [0, 0.05) is 19.0 Å². The van der Waals surface area contributed by atoms with E-state index < -0.39 is 11.9 Å². The van der Waals surface area contributed by atoms with Crippen molar-refractivity contribution in [3.8, 4) is 0 Å². The molecule has 1 unspecified atom stereocenters. The number of nitrogens with one attached hydrogen (secondary N) is 1. The lowest BCUT2D eigenvalue weighted by Crippen LogP contribution is -2.50. The van der Waals surface area contributed by atoms with Crippen LogP contribution in [0.1, 0.15) is 32.1 Å². The summed E-state index contributed by atoms with van der Waals surface area (Å²) in [6.45, 7) is 0.399. The highest BCUT2D eigenvalue weighted by atomic mass is 16.4. The number of carboxylic acid groups (broad SMARTS) is 1. The van der Waals surface area contributed by atoms with Gasteiger partial charge < -0.3 is 21.1 Å². The minimum Gasteiger partial charge on any atom is -0.481 e. The predicted molar refractivity (Wildman–Crippen MR) is 63.8 cm³/mol. The highest BCUT2D eigenvalue weighted by Gasteiger charge is 2.26. The van der Waals surface area contributed by atoms with Crippen molar-refractivity contribution in [2.75, 3.05) is 13.1 Å². The smallest absolute Gasteiger partial charge is 0.318 e. The summed E-state index contributed by atoms with van der Waals surface area (Å²) in [5, 5.41) is 11.1. The Morgan fingerprint density at radius 1 is 1.33 bits per heavy atom. The standard InChI is InChI=1S/C11H19N3O4/c12-9(15)7-13-11(18)14-6-2-1-3-8(14)4-5-10(16)17/h8H,1-7H2,(H2,12,15)(H,13,18)(H,16,17). The molecule has 102 valence electrons. The molecule has 18 heavy (non-hydrogen) atoms. The van der Waals surface area contributed by atoms with Gasteiger partial charge in [-0.2, -0.15) is 0 Å². The van der Waals surface area contributed by atoms with Crippen molar-refractivity contribution in [2.24, 2.45) is 5.73 Å². The van der Waals surface area contributed by atoms with E-state index in [0.717, 1.165) is 19.3 Å². The Morgan fingerprint density at radius 3 is 2.67 bits per heavy atom. The molecule has 1 fully saturated rings. The summed E-state index contributed by atoms with van der Waals surface area (Å²) < 4.78 is 0. The van der Waals surface area contributed by atoms with Gasteiger partial charge in [0.05, 0.1) is 6.54 Å². The number of likely N-dealkylation sites (tertiary alicyclic amines) is 1. The van der Waals surface area contributed by atoms with Crippen LogP contribution in [0.15, 0.2) is 0 Å². The number of hydrogen-bond donors (Lipinski definition) is 3. The first kappa shape index (κ1) is 14.3. The second kappa shape index (κ2) is 6.83. The van der Waals surface area contributed by atoms with Gasteiger partial charge in [-0.15, -0.1) is 0 Å². The number of carboxylic acids is 1. The van der Waals surface area contributed by atoms with E-state index in [9.17, 15) is 14.4 Å². The van der Waals surface area contributed by atoms with Crippen LogP contribution < -0.4 is 11.1 Å². The van der Waals surface area contributed by atoms with Gasteiger partial charge in [-0.05, 0) is 25.7 Å². The summed E-state index contributed by atoms with van der Waals surface area (Å²) in [6.07, 6.45) is 3.18. The van der Waals surface area contributed by atoms with Crippen LogP contribution in [0, 0.1) is 0 Å². The number of hydrogen-bond acceptors (Lipinski definition) is 3. The van der Waals surface area contributed by atoms with Gasteiger partial charge in [-0.3, -0.25) is 9.59 Å². The van der Waals surface area contributed by atoms with Crippen LogP contribution in [0.25, 0.3) is 0 Å². The van der Waals surface area contributed by atoms with E-state index in [0.29, 0.717) is 13.0 Å². The summed E-state index contributed by atoms with van der Waals surface area (Å²) in [4.78, 5) is 34.6. The Kier molecular flexibility index (Phi) is 5.41. The predicted octanol–water partition coefficient (Wildman–Crippen LogP) is -0.0994. The third-order valence-corrected chi connectivity index (χ3v) is 2.99. The molecule has 4 N–H and O–H groups in total. The third kappa shape index (κ3) is 4.60. The summed E-state index contributed by atoms with van der Waals surface area (Å²) in [5.41, 5.74) is 4.95. The van der Waals surface area contributed by atoms with Crippen molar-refractivity contribution in [3.63, 3.8) is 0 Å². The summed E-state index contributed by atoms with van der Waals surface area (Å²) in [5.74, 6) is -1.46. The third-order valence-electron chi connectivity index (χ3n) is 2.99. The van der Waals surface area contributed by atoms with Crippen LogP contribution in [-0.2, 0) is 9.59 Å². The molecular weight excluding hydrogens is 238 g/mol. The molecule has 0 aromatic heterocycles. The Bertz CT molecular complexity index is 332. The quantitative estimate of drug-likeness (QED) is 0.638. The second-order valence-electron chi connectivity index (χ2n) is 4.40. The molecule has 1 aliphatic heterocycles. The molecule has 7 heteroatoms. The number of nitrogens with zero attached hydrogens (tertiary/aromatic N) is 1.